The van der Waals surface area contributed by atoms with Gasteiger partial charge in [-0.25, -0.2) is 0 Å². The summed E-state index contributed by atoms with van der Waals surface area (Å²) in [6.07, 6.45) is 8.08. The maximum absolute atomic E-state index is 10.8. The smallest absolute Gasteiger partial charge is 0.320 e. The van der Waals surface area contributed by atoms with Crippen LogP contribution in [0.4, 0.5) is 0 Å². The number of carbonyl (C=O) groups is 1. The molecule has 1 saturated heterocycles. The van der Waals surface area contributed by atoms with Crippen LogP contribution in [0.15, 0.2) is 0 Å². The van der Waals surface area contributed by atoms with Crippen molar-refractivity contribution < 1.29 is 9.90 Å². The highest BCUT2D eigenvalue weighted by molar-refractivity contribution is 5.74. The Morgan fingerprint density at radius 1 is 1.23 bits per heavy atom. The highest BCUT2D eigenvalue weighted by atomic mass is 16.4. The maximum atomic E-state index is 10.8. The Kier molecular flexibility index (Phi) is 2.28. The number of carboxylic acid groups (broad SMARTS) is 1. The second kappa shape index (κ2) is 3.29. The average molecular weight is 183 g/mol. The first kappa shape index (κ1) is 9.00. The van der Waals surface area contributed by atoms with Gasteiger partial charge in [-0.3, -0.25) is 10.1 Å². The molecule has 2 aliphatic rings. The SMILES string of the molecule is O=C(O)[C@@H]1CCC2(CCCCC2)N1. The van der Waals surface area contributed by atoms with Gasteiger partial charge in [0.25, 0.3) is 0 Å². The normalized spacial score (nSPS) is 32.2. The summed E-state index contributed by atoms with van der Waals surface area (Å²) < 4.78 is 0. The van der Waals surface area contributed by atoms with Gasteiger partial charge < -0.3 is 5.11 Å². The molecule has 13 heavy (non-hydrogen) atoms. The van der Waals surface area contributed by atoms with E-state index in [1.165, 1.54) is 32.1 Å². The topological polar surface area (TPSA) is 49.3 Å². The van der Waals surface area contributed by atoms with Crippen LogP contribution in [-0.4, -0.2) is 22.7 Å². The third kappa shape index (κ3) is 1.70. The zero-order chi connectivity index (χ0) is 9.31. The molecule has 74 valence electrons. The second-order valence-corrected chi connectivity index (χ2v) is 4.41. The van der Waals surface area contributed by atoms with Crippen LogP contribution >= 0.6 is 0 Å². The van der Waals surface area contributed by atoms with Crippen molar-refractivity contribution in [3.8, 4) is 0 Å². The van der Waals surface area contributed by atoms with Gasteiger partial charge in [0.05, 0.1) is 0 Å². The van der Waals surface area contributed by atoms with Gasteiger partial charge in [0.2, 0.25) is 0 Å². The molecule has 0 unspecified atom stereocenters. The number of nitrogens with one attached hydrogen (secondary N) is 1. The number of hydrogen-bond donors (Lipinski definition) is 2. The highest BCUT2D eigenvalue weighted by Gasteiger charge is 2.41. The van der Waals surface area contributed by atoms with Crippen molar-refractivity contribution in [2.75, 3.05) is 0 Å². The summed E-state index contributed by atoms with van der Waals surface area (Å²) in [4.78, 5) is 10.8. The quantitative estimate of drug-likeness (QED) is 0.648. The Balaban J connectivity index is 1.98. The predicted octanol–water partition coefficient (Wildman–Crippen LogP) is 1.53. The van der Waals surface area contributed by atoms with E-state index in [1.54, 1.807) is 0 Å². The molecule has 1 heterocycles. The zero-order valence-electron chi connectivity index (χ0n) is 7.88. The molecule has 3 nitrogen and oxygen atoms in total. The molecule has 3 heteroatoms. The molecule has 2 rings (SSSR count). The van der Waals surface area contributed by atoms with Gasteiger partial charge in [-0.2, -0.15) is 0 Å². The zero-order valence-corrected chi connectivity index (χ0v) is 7.88. The fourth-order valence-corrected chi connectivity index (χ4v) is 2.74. The van der Waals surface area contributed by atoms with Gasteiger partial charge in [-0.05, 0) is 25.7 Å². The summed E-state index contributed by atoms with van der Waals surface area (Å²) in [5.74, 6) is -0.678. The van der Waals surface area contributed by atoms with Crippen LogP contribution in [-0.2, 0) is 4.79 Å². The molecule has 0 aromatic rings. The molecule has 1 aliphatic heterocycles. The molecular weight excluding hydrogens is 166 g/mol. The molecule has 0 aromatic carbocycles. The lowest BCUT2D eigenvalue weighted by atomic mass is 9.81. The summed E-state index contributed by atoms with van der Waals surface area (Å²) in [6, 6.07) is -0.280. The number of aliphatic carboxylic acids is 1. The summed E-state index contributed by atoms with van der Waals surface area (Å²) in [6.45, 7) is 0. The van der Waals surface area contributed by atoms with Crippen molar-refractivity contribution in [3.05, 3.63) is 0 Å². The first-order valence-corrected chi connectivity index (χ1v) is 5.22. The molecule has 1 aliphatic carbocycles. The molecule has 1 atom stereocenters. The number of hydrogen-bond acceptors (Lipinski definition) is 2. The van der Waals surface area contributed by atoms with Crippen molar-refractivity contribution in [3.63, 3.8) is 0 Å². The predicted molar refractivity (Wildman–Crippen MR) is 49.6 cm³/mol. The Hall–Kier alpha value is -0.570. The molecule has 0 aromatic heterocycles. The van der Waals surface area contributed by atoms with Crippen LogP contribution in [0.3, 0.4) is 0 Å². The summed E-state index contributed by atoms with van der Waals surface area (Å²) in [5.41, 5.74) is 0.196. The minimum Gasteiger partial charge on any atom is -0.480 e. The van der Waals surface area contributed by atoms with Crippen molar-refractivity contribution in [1.82, 2.24) is 5.32 Å². The number of rotatable bonds is 1. The van der Waals surface area contributed by atoms with E-state index in [4.69, 9.17) is 5.11 Å². The first-order chi connectivity index (χ1) is 6.22. The van der Waals surface area contributed by atoms with E-state index in [1.807, 2.05) is 0 Å². The molecule has 0 amide bonds. The molecule has 0 bridgehead atoms. The summed E-state index contributed by atoms with van der Waals surface area (Å²) in [7, 11) is 0. The van der Waals surface area contributed by atoms with E-state index in [-0.39, 0.29) is 11.6 Å². The fourth-order valence-electron chi connectivity index (χ4n) is 2.74. The molecule has 0 radical (unpaired) electrons. The van der Waals surface area contributed by atoms with Crippen molar-refractivity contribution >= 4 is 5.97 Å². The van der Waals surface area contributed by atoms with Gasteiger partial charge in [-0.15, -0.1) is 0 Å². The van der Waals surface area contributed by atoms with Gasteiger partial charge in [0, 0.05) is 5.54 Å². The minimum atomic E-state index is -0.678. The van der Waals surface area contributed by atoms with E-state index >= 15 is 0 Å². The first-order valence-electron chi connectivity index (χ1n) is 5.22. The van der Waals surface area contributed by atoms with E-state index in [2.05, 4.69) is 5.32 Å². The lowest BCUT2D eigenvalue weighted by Crippen LogP contribution is -2.46. The molecule has 1 saturated carbocycles. The molecule has 2 fully saturated rings. The highest BCUT2D eigenvalue weighted by Crippen LogP contribution is 2.36. The van der Waals surface area contributed by atoms with Gasteiger partial charge in [-0.1, -0.05) is 19.3 Å². The minimum absolute atomic E-state index is 0.196. The van der Waals surface area contributed by atoms with E-state index in [0.717, 1.165) is 12.8 Å². The van der Waals surface area contributed by atoms with E-state index < -0.39 is 5.97 Å². The Labute approximate surface area is 78.5 Å². The number of carboxylic acids is 1. The lowest BCUT2D eigenvalue weighted by molar-refractivity contribution is -0.139. The molecular formula is C10H17NO2. The van der Waals surface area contributed by atoms with Crippen LogP contribution in [0.5, 0.6) is 0 Å². The second-order valence-electron chi connectivity index (χ2n) is 4.41. The van der Waals surface area contributed by atoms with Gasteiger partial charge in [0.1, 0.15) is 6.04 Å². The maximum Gasteiger partial charge on any atom is 0.320 e. The average Bonchev–Trinajstić information content (AvgIpc) is 2.51. The van der Waals surface area contributed by atoms with Crippen LogP contribution in [0.25, 0.3) is 0 Å². The van der Waals surface area contributed by atoms with Crippen molar-refractivity contribution in [2.45, 2.75) is 56.5 Å². The van der Waals surface area contributed by atoms with Crippen molar-refractivity contribution in [1.29, 1.82) is 0 Å². The third-order valence-electron chi connectivity index (χ3n) is 3.50. The van der Waals surface area contributed by atoms with Crippen LogP contribution in [0, 0.1) is 0 Å². The largest absolute Gasteiger partial charge is 0.480 e. The van der Waals surface area contributed by atoms with Crippen LogP contribution in [0.2, 0.25) is 0 Å². The Morgan fingerprint density at radius 3 is 2.46 bits per heavy atom. The van der Waals surface area contributed by atoms with Crippen LogP contribution in [0.1, 0.15) is 44.9 Å². The van der Waals surface area contributed by atoms with E-state index in [0.29, 0.717) is 0 Å². The third-order valence-corrected chi connectivity index (χ3v) is 3.50. The Morgan fingerprint density at radius 2 is 1.92 bits per heavy atom. The molecule has 2 N–H and O–H groups in total. The van der Waals surface area contributed by atoms with Gasteiger partial charge in [0.15, 0.2) is 0 Å². The lowest BCUT2D eigenvalue weighted by Gasteiger charge is -2.34. The standard InChI is InChI=1S/C10H17NO2/c12-9(13)8-4-7-10(11-8)5-2-1-3-6-10/h8,11H,1-7H2,(H,12,13)/t8-/m0/s1. The van der Waals surface area contributed by atoms with Crippen LogP contribution < -0.4 is 5.32 Å². The monoisotopic (exact) mass is 183 g/mol. The van der Waals surface area contributed by atoms with Crippen molar-refractivity contribution in [2.24, 2.45) is 0 Å². The van der Waals surface area contributed by atoms with Gasteiger partial charge >= 0.3 is 5.97 Å². The fraction of sp³-hybridized carbons (Fsp3) is 0.900. The summed E-state index contributed by atoms with van der Waals surface area (Å²) in [5, 5.41) is 12.2. The summed E-state index contributed by atoms with van der Waals surface area (Å²) >= 11 is 0. The van der Waals surface area contributed by atoms with E-state index in [9.17, 15) is 4.79 Å². The molecule has 1 spiro atoms. The Bertz CT molecular complexity index is 209.